The number of rotatable bonds is 8. The third-order valence-corrected chi connectivity index (χ3v) is 7.38. The lowest BCUT2D eigenvalue weighted by Gasteiger charge is -2.37. The monoisotopic (exact) mass is 530 g/mol. The van der Waals surface area contributed by atoms with E-state index in [1.54, 1.807) is 24.3 Å². The number of carbonyl (C=O) groups excluding carboxylic acids is 2. The lowest BCUT2D eigenvalue weighted by atomic mass is 9.84. The van der Waals surface area contributed by atoms with E-state index in [1.165, 1.54) is 0 Å². The summed E-state index contributed by atoms with van der Waals surface area (Å²) in [6.45, 7) is 0.473. The molecule has 0 aromatic heterocycles. The van der Waals surface area contributed by atoms with Crippen LogP contribution in [0.4, 0.5) is 5.69 Å². The fourth-order valence-electron chi connectivity index (χ4n) is 5.48. The average molecular weight is 531 g/mol. The zero-order valence-corrected chi connectivity index (χ0v) is 21.3. The molecule has 3 aromatic carbocycles. The Balaban J connectivity index is 1.10. The zero-order valence-electron chi connectivity index (χ0n) is 21.3. The van der Waals surface area contributed by atoms with Gasteiger partial charge in [0.2, 0.25) is 12.7 Å². The Morgan fingerprint density at radius 1 is 0.949 bits per heavy atom. The molecule has 2 amide bonds. The van der Waals surface area contributed by atoms with Crippen LogP contribution in [0.2, 0.25) is 0 Å². The van der Waals surface area contributed by atoms with Gasteiger partial charge in [-0.05, 0) is 54.8 Å². The second-order valence-corrected chi connectivity index (χ2v) is 9.97. The van der Waals surface area contributed by atoms with E-state index in [2.05, 4.69) is 10.6 Å². The van der Waals surface area contributed by atoms with Crippen molar-refractivity contribution in [2.75, 3.05) is 25.3 Å². The molecule has 3 heterocycles. The maximum Gasteiger partial charge on any atom is 0.255 e. The molecule has 0 unspecified atom stereocenters. The van der Waals surface area contributed by atoms with Crippen molar-refractivity contribution in [3.63, 3.8) is 0 Å². The van der Waals surface area contributed by atoms with Gasteiger partial charge in [-0.2, -0.15) is 0 Å². The van der Waals surface area contributed by atoms with E-state index >= 15 is 0 Å². The second kappa shape index (κ2) is 11.0. The van der Waals surface area contributed by atoms with E-state index in [1.807, 2.05) is 42.5 Å². The summed E-state index contributed by atoms with van der Waals surface area (Å²) in [7, 11) is 0. The van der Waals surface area contributed by atoms with Crippen molar-refractivity contribution in [1.82, 2.24) is 5.32 Å². The first-order chi connectivity index (χ1) is 19.1. The van der Waals surface area contributed by atoms with Gasteiger partial charge < -0.3 is 34.7 Å². The van der Waals surface area contributed by atoms with Crippen LogP contribution in [0.25, 0.3) is 0 Å². The molecule has 4 atom stereocenters. The number of nitrogens with one attached hydrogen (secondary N) is 2. The molecule has 39 heavy (non-hydrogen) atoms. The minimum Gasteiger partial charge on any atom is -0.487 e. The SMILES string of the molecule is O=C(C[C@H]1C[C@@H]2c3cc(NC(=O)c4ccc5c(c4)OCO5)ccc3O[C@@H]2[C@H](CO)O1)NCCc1ccccc1. The van der Waals surface area contributed by atoms with Gasteiger partial charge in [0.05, 0.1) is 19.1 Å². The Hall–Kier alpha value is -4.08. The van der Waals surface area contributed by atoms with Gasteiger partial charge in [-0.25, -0.2) is 0 Å². The molecule has 9 heteroatoms. The van der Waals surface area contributed by atoms with Gasteiger partial charge >= 0.3 is 0 Å². The Kier molecular flexibility index (Phi) is 7.08. The number of ether oxygens (including phenoxy) is 4. The van der Waals surface area contributed by atoms with E-state index in [-0.39, 0.29) is 49.8 Å². The van der Waals surface area contributed by atoms with Gasteiger partial charge in [0.1, 0.15) is 18.0 Å². The van der Waals surface area contributed by atoms with Gasteiger partial charge in [-0.15, -0.1) is 0 Å². The van der Waals surface area contributed by atoms with Crippen molar-refractivity contribution in [1.29, 1.82) is 0 Å². The molecule has 0 radical (unpaired) electrons. The molecule has 0 aliphatic carbocycles. The van der Waals surface area contributed by atoms with E-state index < -0.39 is 6.10 Å². The highest BCUT2D eigenvalue weighted by Crippen LogP contribution is 2.47. The van der Waals surface area contributed by atoms with Crippen LogP contribution in [-0.4, -0.2) is 55.2 Å². The second-order valence-electron chi connectivity index (χ2n) is 9.97. The number of fused-ring (bicyclic) bond motifs is 4. The molecule has 0 spiro atoms. The van der Waals surface area contributed by atoms with Crippen molar-refractivity contribution in [3.8, 4) is 17.2 Å². The van der Waals surface area contributed by atoms with Gasteiger partial charge in [-0.1, -0.05) is 30.3 Å². The number of carbonyl (C=O) groups is 2. The average Bonchev–Trinajstić information content (AvgIpc) is 3.57. The molecule has 6 rings (SSSR count). The maximum absolute atomic E-state index is 12.9. The van der Waals surface area contributed by atoms with E-state index in [0.29, 0.717) is 41.5 Å². The van der Waals surface area contributed by atoms with Gasteiger partial charge in [0, 0.05) is 29.3 Å². The van der Waals surface area contributed by atoms with Crippen molar-refractivity contribution in [3.05, 3.63) is 83.4 Å². The van der Waals surface area contributed by atoms with Gasteiger partial charge in [-0.3, -0.25) is 9.59 Å². The number of anilines is 1. The topological polar surface area (TPSA) is 115 Å². The minimum absolute atomic E-state index is 0.0737. The van der Waals surface area contributed by atoms with Crippen molar-refractivity contribution in [2.24, 2.45) is 0 Å². The summed E-state index contributed by atoms with van der Waals surface area (Å²) < 4.78 is 22.9. The number of amides is 2. The van der Waals surface area contributed by atoms with E-state index in [4.69, 9.17) is 18.9 Å². The quantitative estimate of drug-likeness (QED) is 0.409. The van der Waals surface area contributed by atoms with E-state index in [0.717, 1.165) is 17.5 Å². The molecule has 1 saturated heterocycles. The summed E-state index contributed by atoms with van der Waals surface area (Å²) in [5.74, 6) is 1.42. The molecular weight excluding hydrogens is 500 g/mol. The third kappa shape index (κ3) is 5.41. The Morgan fingerprint density at radius 3 is 2.62 bits per heavy atom. The first-order valence-corrected chi connectivity index (χ1v) is 13.2. The number of benzene rings is 3. The summed E-state index contributed by atoms with van der Waals surface area (Å²) in [6.07, 6.45) is 0.252. The molecule has 3 N–H and O–H groups in total. The number of aliphatic hydroxyl groups excluding tert-OH is 1. The van der Waals surface area contributed by atoms with Crippen LogP contribution in [0.3, 0.4) is 0 Å². The standard InChI is InChI=1S/C30H30N2O7/c33-16-27-29-23(14-21(38-27)15-28(34)31-11-10-18-4-2-1-3-5-18)22-13-20(7-9-24(22)39-29)32-30(35)19-6-8-25-26(12-19)37-17-36-25/h1-9,12-13,21,23,27,29,33H,10-11,14-17H2,(H,31,34)(H,32,35)/t21-,23-,27+,29+/m1/s1. The molecular formula is C30H30N2O7. The molecule has 3 aromatic rings. The highest BCUT2D eigenvalue weighted by Gasteiger charge is 2.46. The fraction of sp³-hybridized carbons (Fsp3) is 0.333. The Bertz CT molecular complexity index is 1360. The van der Waals surface area contributed by atoms with Crippen molar-refractivity contribution >= 4 is 17.5 Å². The molecule has 0 saturated carbocycles. The first kappa shape index (κ1) is 25.2. The summed E-state index contributed by atoms with van der Waals surface area (Å²) in [6, 6.07) is 20.6. The Labute approximate surface area is 226 Å². The Morgan fingerprint density at radius 2 is 1.77 bits per heavy atom. The first-order valence-electron chi connectivity index (χ1n) is 13.2. The molecule has 3 aliphatic heterocycles. The lowest BCUT2D eigenvalue weighted by molar-refractivity contribution is -0.142. The van der Waals surface area contributed by atoms with E-state index in [9.17, 15) is 14.7 Å². The highest BCUT2D eigenvalue weighted by molar-refractivity contribution is 6.04. The van der Waals surface area contributed by atoms with Crippen LogP contribution in [-0.2, 0) is 16.0 Å². The number of hydrogen-bond donors (Lipinski definition) is 3. The van der Waals surface area contributed by atoms with Crippen LogP contribution in [0.1, 0.15) is 40.2 Å². The normalized spacial score (nSPS) is 22.4. The minimum atomic E-state index is -0.551. The van der Waals surface area contributed by atoms with Crippen LogP contribution < -0.4 is 24.8 Å². The van der Waals surface area contributed by atoms with Crippen LogP contribution in [0.15, 0.2) is 66.7 Å². The number of hydrogen-bond acceptors (Lipinski definition) is 7. The number of aliphatic hydroxyl groups is 1. The largest absolute Gasteiger partial charge is 0.487 e. The summed E-state index contributed by atoms with van der Waals surface area (Å²) in [5, 5.41) is 15.9. The lowest BCUT2D eigenvalue weighted by Crippen LogP contribution is -2.47. The summed E-state index contributed by atoms with van der Waals surface area (Å²) in [5.41, 5.74) is 3.18. The zero-order chi connectivity index (χ0) is 26.8. The van der Waals surface area contributed by atoms with Crippen molar-refractivity contribution in [2.45, 2.75) is 43.5 Å². The third-order valence-electron chi connectivity index (χ3n) is 7.38. The van der Waals surface area contributed by atoms with Crippen LogP contribution >= 0.6 is 0 Å². The predicted molar refractivity (Wildman–Crippen MR) is 142 cm³/mol. The summed E-state index contributed by atoms with van der Waals surface area (Å²) >= 11 is 0. The predicted octanol–water partition coefficient (Wildman–Crippen LogP) is 3.41. The van der Waals surface area contributed by atoms with Gasteiger partial charge in [0.25, 0.3) is 5.91 Å². The molecule has 0 bridgehead atoms. The molecule has 3 aliphatic rings. The molecule has 9 nitrogen and oxygen atoms in total. The maximum atomic E-state index is 12.9. The fourth-order valence-corrected chi connectivity index (χ4v) is 5.48. The highest BCUT2D eigenvalue weighted by atomic mass is 16.7. The van der Waals surface area contributed by atoms with Crippen molar-refractivity contribution < 1.29 is 33.6 Å². The van der Waals surface area contributed by atoms with Gasteiger partial charge in [0.15, 0.2) is 11.5 Å². The smallest absolute Gasteiger partial charge is 0.255 e. The van der Waals surface area contributed by atoms with Crippen LogP contribution in [0, 0.1) is 0 Å². The molecule has 1 fully saturated rings. The van der Waals surface area contributed by atoms with Crippen LogP contribution in [0.5, 0.6) is 17.2 Å². The molecule has 202 valence electrons. The summed E-state index contributed by atoms with van der Waals surface area (Å²) in [4.78, 5) is 25.6.